The van der Waals surface area contributed by atoms with E-state index in [1.165, 1.54) is 0 Å². The molecule has 2 atom stereocenters. The molecule has 0 aliphatic carbocycles. The van der Waals surface area contributed by atoms with Crippen LogP contribution < -0.4 is 4.72 Å². The third kappa shape index (κ3) is 8.00. The van der Waals surface area contributed by atoms with Gasteiger partial charge in [0.15, 0.2) is 8.32 Å². The van der Waals surface area contributed by atoms with Gasteiger partial charge in [-0.1, -0.05) is 39.0 Å². The first-order chi connectivity index (χ1) is 13.6. The van der Waals surface area contributed by atoms with E-state index in [9.17, 15) is 9.35 Å². The highest BCUT2D eigenvalue weighted by molar-refractivity contribution is 7.90. The summed E-state index contributed by atoms with van der Waals surface area (Å²) in [5.41, 5.74) is 2.99. The summed E-state index contributed by atoms with van der Waals surface area (Å²) in [6, 6.07) is 5.76. The van der Waals surface area contributed by atoms with Crippen LogP contribution in [-0.4, -0.2) is 36.8 Å². The molecule has 7 heteroatoms. The Labute approximate surface area is 187 Å². The molecule has 0 saturated carbocycles. The predicted octanol–water partition coefficient (Wildman–Crippen LogP) is 5.22. The smallest absolute Gasteiger partial charge is 0.310 e. The zero-order valence-electron chi connectivity index (χ0n) is 20.5. The van der Waals surface area contributed by atoms with Gasteiger partial charge >= 0.3 is 5.97 Å². The average Bonchev–Trinajstić information content (AvgIpc) is 2.57. The van der Waals surface area contributed by atoms with Gasteiger partial charge in [0.2, 0.25) is 0 Å². The van der Waals surface area contributed by atoms with Gasteiger partial charge in [0.05, 0.1) is 25.7 Å². The van der Waals surface area contributed by atoms with Crippen LogP contribution in [0.3, 0.4) is 0 Å². The lowest BCUT2D eigenvalue weighted by Crippen LogP contribution is -2.46. The number of nitrogens with one attached hydrogen (secondary N) is 1. The molecule has 172 valence electrons. The first-order valence-electron chi connectivity index (χ1n) is 10.7. The van der Waals surface area contributed by atoms with Crippen molar-refractivity contribution >= 4 is 25.6 Å². The second-order valence-corrected chi connectivity index (χ2v) is 17.1. The van der Waals surface area contributed by atoms with Crippen LogP contribution in [0.4, 0.5) is 0 Å². The summed E-state index contributed by atoms with van der Waals surface area (Å²) in [6.07, 6.45) is 0.251. The maximum Gasteiger partial charge on any atom is 0.310 e. The molecule has 0 amide bonds. The molecule has 0 bridgehead atoms. The number of esters is 1. The minimum absolute atomic E-state index is 0.0965. The van der Waals surface area contributed by atoms with Crippen molar-refractivity contribution < 1.29 is 18.5 Å². The first-order valence-corrected chi connectivity index (χ1v) is 14.7. The Morgan fingerprint density at radius 3 is 2.27 bits per heavy atom. The molecule has 5 nitrogen and oxygen atoms in total. The van der Waals surface area contributed by atoms with Crippen molar-refractivity contribution in [2.45, 2.75) is 90.7 Å². The van der Waals surface area contributed by atoms with E-state index in [1.54, 1.807) is 6.92 Å². The van der Waals surface area contributed by atoms with Crippen LogP contribution >= 0.6 is 0 Å². The number of hydrogen-bond donors (Lipinski definition) is 1. The minimum Gasteiger partial charge on any atom is -0.598 e. The molecule has 1 aromatic rings. The van der Waals surface area contributed by atoms with E-state index in [0.29, 0.717) is 13.2 Å². The predicted molar refractivity (Wildman–Crippen MR) is 128 cm³/mol. The highest BCUT2D eigenvalue weighted by Crippen LogP contribution is 2.37. The first kappa shape index (κ1) is 27.2. The zero-order valence-corrected chi connectivity index (χ0v) is 22.3. The van der Waals surface area contributed by atoms with Crippen molar-refractivity contribution in [3.8, 4) is 0 Å². The molecule has 30 heavy (non-hydrogen) atoms. The third-order valence-electron chi connectivity index (χ3n) is 5.59. The van der Waals surface area contributed by atoms with Gasteiger partial charge in [-0.2, -0.15) is 0 Å². The number of benzene rings is 1. The van der Waals surface area contributed by atoms with E-state index in [1.807, 2.05) is 45.9 Å². The molecular weight excluding hydrogens is 414 g/mol. The second-order valence-electron chi connectivity index (χ2n) is 10.3. The summed E-state index contributed by atoms with van der Waals surface area (Å²) >= 11 is -1.23. The van der Waals surface area contributed by atoms with Gasteiger partial charge in [-0.25, -0.2) is 0 Å². The molecule has 0 aromatic heterocycles. The van der Waals surface area contributed by atoms with Gasteiger partial charge in [-0.3, -0.25) is 4.79 Å². The van der Waals surface area contributed by atoms with E-state index in [2.05, 4.69) is 38.6 Å². The Morgan fingerprint density at radius 2 is 1.80 bits per heavy atom. The lowest BCUT2D eigenvalue weighted by Gasteiger charge is -2.38. The maximum absolute atomic E-state index is 12.9. The van der Waals surface area contributed by atoms with Crippen molar-refractivity contribution in [2.75, 3.05) is 13.2 Å². The van der Waals surface area contributed by atoms with Crippen molar-refractivity contribution in [3.63, 3.8) is 0 Å². The van der Waals surface area contributed by atoms with Crippen LogP contribution in [0.1, 0.15) is 71.2 Å². The molecular formula is C23H41NO4SSi. The van der Waals surface area contributed by atoms with Crippen LogP contribution in [-0.2, 0) is 31.7 Å². The molecule has 1 aromatic carbocycles. The lowest BCUT2D eigenvalue weighted by atomic mass is 9.99. The van der Waals surface area contributed by atoms with E-state index in [-0.39, 0.29) is 28.2 Å². The van der Waals surface area contributed by atoms with Crippen molar-refractivity contribution in [1.82, 2.24) is 4.72 Å². The number of aryl methyl sites for hydroxylation is 1. The molecule has 1 N–H and O–H groups in total. The van der Waals surface area contributed by atoms with Gasteiger partial charge in [-0.15, -0.1) is 4.72 Å². The van der Waals surface area contributed by atoms with Crippen LogP contribution in [0.25, 0.3) is 0 Å². The highest BCUT2D eigenvalue weighted by Gasteiger charge is 2.39. The van der Waals surface area contributed by atoms with Crippen molar-refractivity contribution in [1.29, 1.82) is 0 Å². The van der Waals surface area contributed by atoms with Crippen molar-refractivity contribution in [3.05, 3.63) is 34.9 Å². The number of ether oxygens (including phenoxy) is 1. The van der Waals surface area contributed by atoms with E-state index in [4.69, 9.17) is 9.16 Å². The molecule has 0 aliphatic rings. The largest absolute Gasteiger partial charge is 0.598 e. The quantitative estimate of drug-likeness (QED) is 0.314. The van der Waals surface area contributed by atoms with Crippen LogP contribution in [0.15, 0.2) is 18.2 Å². The second kappa shape index (κ2) is 10.6. The van der Waals surface area contributed by atoms with Gasteiger partial charge in [0.1, 0.15) is 4.75 Å². The third-order valence-corrected chi connectivity index (χ3v) is 11.7. The summed E-state index contributed by atoms with van der Waals surface area (Å²) in [6.45, 7) is 21.6. The van der Waals surface area contributed by atoms with E-state index >= 15 is 0 Å². The van der Waals surface area contributed by atoms with Crippen LogP contribution in [0, 0.1) is 6.92 Å². The molecule has 0 radical (unpaired) electrons. The van der Waals surface area contributed by atoms with Crippen LogP contribution in [0.5, 0.6) is 0 Å². The van der Waals surface area contributed by atoms with E-state index in [0.717, 1.165) is 16.7 Å². The summed E-state index contributed by atoms with van der Waals surface area (Å²) in [5, 5.41) is 0.0965. The summed E-state index contributed by atoms with van der Waals surface area (Å²) in [5.74, 6) is -0.227. The average molecular weight is 456 g/mol. The summed E-state index contributed by atoms with van der Waals surface area (Å²) in [7, 11) is -1.96. The fourth-order valence-corrected chi connectivity index (χ4v) is 4.44. The molecule has 1 rings (SSSR count). The van der Waals surface area contributed by atoms with Gasteiger partial charge in [0.25, 0.3) is 0 Å². The van der Waals surface area contributed by atoms with Crippen molar-refractivity contribution in [2.24, 2.45) is 0 Å². The SMILES string of the molecule is CCOC(=O)Cc1ccc([C@@H](CO[Si](C)(C)C(C)(C)C)N[S+]([O-])C(C)(C)C)c(C)c1. The maximum atomic E-state index is 12.9. The molecule has 1 unspecified atom stereocenters. The summed E-state index contributed by atoms with van der Waals surface area (Å²) in [4.78, 5) is 11.8. The lowest BCUT2D eigenvalue weighted by molar-refractivity contribution is -0.142. The topological polar surface area (TPSA) is 70.6 Å². The Morgan fingerprint density at radius 1 is 1.20 bits per heavy atom. The van der Waals surface area contributed by atoms with Gasteiger partial charge in [0, 0.05) is 11.4 Å². The van der Waals surface area contributed by atoms with Crippen LogP contribution in [0.2, 0.25) is 18.1 Å². The minimum atomic E-state index is -1.96. The normalized spacial score (nSPS) is 15.0. The zero-order chi connectivity index (χ0) is 23.3. The number of hydrogen-bond acceptors (Lipinski definition) is 5. The molecule has 0 saturated heterocycles. The fraction of sp³-hybridized carbons (Fsp3) is 0.696. The Kier molecular flexibility index (Phi) is 9.63. The number of rotatable bonds is 9. The number of carbonyl (C=O) groups excluding carboxylic acids is 1. The molecule has 0 spiro atoms. The Balaban J connectivity index is 3.13. The Bertz CT molecular complexity index is 710. The van der Waals surface area contributed by atoms with Gasteiger partial charge in [-0.05, 0) is 69.4 Å². The Hall–Kier alpha value is -0.863. The highest BCUT2D eigenvalue weighted by atomic mass is 32.2. The molecule has 0 aliphatic heterocycles. The molecule has 0 heterocycles. The van der Waals surface area contributed by atoms with Gasteiger partial charge < -0.3 is 13.7 Å². The summed E-state index contributed by atoms with van der Waals surface area (Å²) < 4.78 is 27.3. The fourth-order valence-electron chi connectivity index (χ4n) is 2.62. The standard InChI is InChI=1S/C23H41NO4SSi/c1-11-27-21(25)15-18-12-13-19(17(2)14-18)20(24-29(26)22(3,4)5)16-28-30(9,10)23(6,7)8/h12-14,20,24H,11,15-16H2,1-10H3/t20-,29?/m1/s1. The molecule has 0 fully saturated rings. The van der Waals surface area contributed by atoms with E-state index < -0.39 is 19.7 Å². The monoisotopic (exact) mass is 455 g/mol. The number of carbonyl (C=O) groups is 1.